The van der Waals surface area contributed by atoms with Crippen molar-refractivity contribution in [1.82, 2.24) is 9.55 Å². The minimum atomic E-state index is -0.520. The summed E-state index contributed by atoms with van der Waals surface area (Å²) in [5.74, 6) is 0.853. The fraction of sp³-hybridized carbons (Fsp3) is 0.444. The molecule has 0 atom stereocenters. The van der Waals surface area contributed by atoms with Gasteiger partial charge < -0.3 is 20.1 Å². The van der Waals surface area contributed by atoms with Gasteiger partial charge in [0.05, 0.1) is 6.61 Å². The van der Waals surface area contributed by atoms with Crippen molar-refractivity contribution in [2.75, 3.05) is 24.5 Å². The van der Waals surface area contributed by atoms with Gasteiger partial charge in [0.25, 0.3) is 5.56 Å². The van der Waals surface area contributed by atoms with Crippen molar-refractivity contribution < 1.29 is 9.47 Å². The van der Waals surface area contributed by atoms with Crippen LogP contribution in [0, 0.1) is 0 Å². The summed E-state index contributed by atoms with van der Waals surface area (Å²) in [5, 5.41) is 0.557. The standard InChI is InChI=1S/C18H23ClN4O4/c1-3-4-5-23-16(20)14(17(24)21-18(23)25)22(2)8-11-6-13(19)7-12-9-26-10-27-15(11)12/h6-7H,3-5,8-10,20H2,1-2H3,(H,21,24,25). The van der Waals surface area contributed by atoms with Gasteiger partial charge in [0.1, 0.15) is 17.3 Å². The van der Waals surface area contributed by atoms with Gasteiger partial charge in [0.15, 0.2) is 6.79 Å². The van der Waals surface area contributed by atoms with Crippen LogP contribution < -0.4 is 26.6 Å². The summed E-state index contributed by atoms with van der Waals surface area (Å²) in [7, 11) is 1.74. The van der Waals surface area contributed by atoms with Crippen LogP contribution in [0.5, 0.6) is 5.75 Å². The molecule has 0 amide bonds. The SMILES string of the molecule is CCCCn1c(N)c(N(C)Cc2cc(Cl)cc3c2OCOC3)c(=O)[nH]c1=O. The van der Waals surface area contributed by atoms with Crippen LogP contribution in [0.15, 0.2) is 21.7 Å². The summed E-state index contributed by atoms with van der Waals surface area (Å²) in [6, 6.07) is 3.59. The Kier molecular flexibility index (Phi) is 5.76. The molecule has 0 saturated carbocycles. The number of hydrogen-bond donors (Lipinski definition) is 2. The number of rotatable bonds is 6. The Bertz CT molecular complexity index is 954. The minimum absolute atomic E-state index is 0.153. The summed E-state index contributed by atoms with van der Waals surface area (Å²) in [6.45, 7) is 3.38. The zero-order chi connectivity index (χ0) is 19.6. The lowest BCUT2D eigenvalue weighted by Gasteiger charge is -2.25. The van der Waals surface area contributed by atoms with Gasteiger partial charge in [-0.05, 0) is 18.6 Å². The number of benzene rings is 1. The van der Waals surface area contributed by atoms with Crippen molar-refractivity contribution in [3.8, 4) is 5.75 Å². The van der Waals surface area contributed by atoms with E-state index in [1.165, 1.54) is 4.57 Å². The van der Waals surface area contributed by atoms with E-state index in [1.807, 2.05) is 6.92 Å². The molecule has 27 heavy (non-hydrogen) atoms. The fourth-order valence-corrected chi connectivity index (χ4v) is 3.46. The predicted octanol–water partition coefficient (Wildman–Crippen LogP) is 2.08. The molecule has 0 aliphatic carbocycles. The van der Waals surface area contributed by atoms with E-state index in [4.69, 9.17) is 26.8 Å². The highest BCUT2D eigenvalue weighted by molar-refractivity contribution is 6.30. The smallest absolute Gasteiger partial charge is 0.330 e. The third-order valence-corrected chi connectivity index (χ3v) is 4.71. The Morgan fingerprint density at radius 3 is 2.89 bits per heavy atom. The first kappa shape index (κ1) is 19.3. The molecule has 3 N–H and O–H groups in total. The van der Waals surface area contributed by atoms with Crippen LogP contribution in [-0.2, 0) is 24.4 Å². The van der Waals surface area contributed by atoms with E-state index in [0.29, 0.717) is 30.5 Å². The number of unbranched alkanes of at least 4 members (excludes halogenated alkanes) is 1. The number of halogens is 1. The van der Waals surface area contributed by atoms with E-state index in [-0.39, 0.29) is 18.3 Å². The highest BCUT2D eigenvalue weighted by atomic mass is 35.5. The van der Waals surface area contributed by atoms with E-state index in [1.54, 1.807) is 24.1 Å². The van der Waals surface area contributed by atoms with Crippen LogP contribution in [0.1, 0.15) is 30.9 Å². The molecule has 3 rings (SSSR count). The zero-order valence-corrected chi connectivity index (χ0v) is 16.1. The molecule has 1 aromatic carbocycles. The Morgan fingerprint density at radius 2 is 2.15 bits per heavy atom. The molecule has 1 aromatic heterocycles. The lowest BCUT2D eigenvalue weighted by atomic mass is 10.1. The van der Waals surface area contributed by atoms with Crippen molar-refractivity contribution in [2.45, 2.75) is 39.5 Å². The van der Waals surface area contributed by atoms with Crippen LogP contribution in [0.4, 0.5) is 11.5 Å². The van der Waals surface area contributed by atoms with Crippen molar-refractivity contribution in [2.24, 2.45) is 0 Å². The largest absolute Gasteiger partial charge is 0.467 e. The Hall–Kier alpha value is -2.45. The van der Waals surface area contributed by atoms with Crippen LogP contribution in [0.2, 0.25) is 5.02 Å². The van der Waals surface area contributed by atoms with Crippen molar-refractivity contribution in [1.29, 1.82) is 0 Å². The molecule has 8 nitrogen and oxygen atoms in total. The second-order valence-corrected chi connectivity index (χ2v) is 6.95. The van der Waals surface area contributed by atoms with Gasteiger partial charge in [-0.15, -0.1) is 0 Å². The van der Waals surface area contributed by atoms with Gasteiger partial charge in [0, 0.05) is 36.3 Å². The number of aromatic amines is 1. The van der Waals surface area contributed by atoms with E-state index in [0.717, 1.165) is 24.0 Å². The normalized spacial score (nSPS) is 13.1. The third kappa shape index (κ3) is 3.96. The van der Waals surface area contributed by atoms with Gasteiger partial charge in [-0.2, -0.15) is 0 Å². The summed E-state index contributed by atoms with van der Waals surface area (Å²) in [4.78, 5) is 28.5. The average molecular weight is 395 g/mol. The summed E-state index contributed by atoms with van der Waals surface area (Å²) >= 11 is 6.21. The van der Waals surface area contributed by atoms with Crippen LogP contribution in [0.3, 0.4) is 0 Å². The number of nitrogens with two attached hydrogens (primary N) is 1. The number of anilines is 2. The van der Waals surface area contributed by atoms with Gasteiger partial charge in [-0.3, -0.25) is 14.3 Å². The molecule has 2 heterocycles. The molecule has 0 unspecified atom stereocenters. The second kappa shape index (κ2) is 8.06. The third-order valence-electron chi connectivity index (χ3n) is 4.49. The maximum Gasteiger partial charge on any atom is 0.330 e. The highest BCUT2D eigenvalue weighted by Gasteiger charge is 2.21. The number of nitrogen functional groups attached to an aromatic ring is 1. The number of aromatic nitrogens is 2. The van der Waals surface area contributed by atoms with E-state index < -0.39 is 11.2 Å². The van der Waals surface area contributed by atoms with Crippen LogP contribution in [-0.4, -0.2) is 23.4 Å². The first-order chi connectivity index (χ1) is 12.9. The van der Waals surface area contributed by atoms with E-state index >= 15 is 0 Å². The minimum Gasteiger partial charge on any atom is -0.467 e. The van der Waals surface area contributed by atoms with Crippen molar-refractivity contribution in [3.05, 3.63) is 49.1 Å². The fourth-order valence-electron chi connectivity index (χ4n) is 3.19. The molecule has 9 heteroatoms. The van der Waals surface area contributed by atoms with Gasteiger partial charge in [-0.1, -0.05) is 24.9 Å². The lowest BCUT2D eigenvalue weighted by Crippen LogP contribution is -2.37. The molecule has 1 aliphatic rings. The molecule has 0 fully saturated rings. The summed E-state index contributed by atoms with van der Waals surface area (Å²) in [5.41, 5.74) is 7.06. The number of H-pyrrole nitrogens is 1. The predicted molar refractivity (Wildman–Crippen MR) is 104 cm³/mol. The molecular formula is C18H23ClN4O4. The molecule has 0 radical (unpaired) electrons. The Balaban J connectivity index is 1.98. The topological polar surface area (TPSA) is 103 Å². The Morgan fingerprint density at radius 1 is 1.37 bits per heavy atom. The number of hydrogen-bond acceptors (Lipinski definition) is 6. The molecule has 2 aromatic rings. The van der Waals surface area contributed by atoms with E-state index in [2.05, 4.69) is 4.98 Å². The molecule has 146 valence electrons. The molecular weight excluding hydrogens is 372 g/mol. The number of nitrogens with one attached hydrogen (secondary N) is 1. The number of nitrogens with zero attached hydrogens (tertiary/aromatic N) is 2. The quantitative estimate of drug-likeness (QED) is 0.777. The molecule has 0 saturated heterocycles. The number of fused-ring (bicyclic) bond motifs is 1. The van der Waals surface area contributed by atoms with Crippen LogP contribution in [0.25, 0.3) is 0 Å². The molecule has 1 aliphatic heterocycles. The lowest BCUT2D eigenvalue weighted by molar-refractivity contribution is -0.0170. The zero-order valence-electron chi connectivity index (χ0n) is 15.4. The second-order valence-electron chi connectivity index (χ2n) is 6.52. The Labute approximate surface area is 161 Å². The summed E-state index contributed by atoms with van der Waals surface area (Å²) < 4.78 is 12.3. The first-order valence-corrected chi connectivity index (χ1v) is 9.15. The van der Waals surface area contributed by atoms with Crippen molar-refractivity contribution >= 4 is 23.1 Å². The first-order valence-electron chi connectivity index (χ1n) is 8.78. The number of ether oxygens (including phenoxy) is 2. The summed E-state index contributed by atoms with van der Waals surface area (Å²) in [6.07, 6.45) is 1.69. The van der Waals surface area contributed by atoms with Gasteiger partial charge in [-0.25, -0.2) is 4.79 Å². The maximum atomic E-state index is 12.4. The molecule has 0 spiro atoms. The van der Waals surface area contributed by atoms with Crippen molar-refractivity contribution in [3.63, 3.8) is 0 Å². The van der Waals surface area contributed by atoms with Gasteiger partial charge >= 0.3 is 5.69 Å². The van der Waals surface area contributed by atoms with Crippen LogP contribution >= 0.6 is 11.6 Å². The van der Waals surface area contributed by atoms with E-state index in [9.17, 15) is 9.59 Å². The highest BCUT2D eigenvalue weighted by Crippen LogP contribution is 2.33. The average Bonchev–Trinajstić information content (AvgIpc) is 2.61. The maximum absolute atomic E-state index is 12.4. The monoisotopic (exact) mass is 394 g/mol. The molecule has 0 bridgehead atoms. The van der Waals surface area contributed by atoms with Gasteiger partial charge in [0.2, 0.25) is 0 Å².